The number of amides is 4. The third-order valence-corrected chi connectivity index (χ3v) is 20.8. The normalized spacial score (nSPS) is 24.4. The van der Waals surface area contributed by atoms with Crippen LogP contribution in [0.15, 0.2) is 54.6 Å². The SMILES string of the molecule is COc1cc2c(cc1-c1cccc(NC(=O)CCOCCOCCNC(=O)[C@H]3O[C@@H](CNC(=O)CN4CCN5CCN6CCN(CC4)CC(=O)[O][In]([O]C(=O)C5)[O]C(=O)C6)[C@H](O)[C@@H](O)[C@H]3O)c1)-c1c(c(C(=O)N3CCOCC3(C)C)nn1-c1cc(Cl)cc(Cl)c1)CO2. The van der Waals surface area contributed by atoms with Gasteiger partial charge in [-0.15, -0.1) is 0 Å². The number of aliphatic hydroxyl groups is 3. The van der Waals surface area contributed by atoms with Crippen LogP contribution in [0.3, 0.4) is 0 Å². The molecule has 5 fully saturated rings. The molecule has 0 aliphatic carbocycles. The number of rotatable bonds is 19. The summed E-state index contributed by atoms with van der Waals surface area (Å²) in [6.07, 6.45) is -8.15. The van der Waals surface area contributed by atoms with Crippen LogP contribution in [0.1, 0.15) is 36.3 Å². The molecular formula is C60H75Cl2InN10O19. The van der Waals surface area contributed by atoms with Crippen LogP contribution in [0.25, 0.3) is 28.1 Å². The van der Waals surface area contributed by atoms with Gasteiger partial charge in [0.2, 0.25) is 5.91 Å². The Hall–Kier alpha value is -6.23. The van der Waals surface area contributed by atoms with Gasteiger partial charge in [-0.3, -0.25) is 14.4 Å². The minimum atomic E-state index is -4.30. The van der Waals surface area contributed by atoms with Crippen molar-refractivity contribution in [2.45, 2.75) is 62.9 Å². The number of hydrogen-bond acceptors (Lipinski definition) is 24. The van der Waals surface area contributed by atoms with E-state index in [-0.39, 0.29) is 96.2 Å². The van der Waals surface area contributed by atoms with Gasteiger partial charge in [-0.05, 0) is 55.8 Å². The third kappa shape index (κ3) is 17.4. The molecule has 0 radical (unpaired) electrons. The van der Waals surface area contributed by atoms with E-state index in [1.54, 1.807) is 53.1 Å². The summed E-state index contributed by atoms with van der Waals surface area (Å²) in [6, 6.07) is 16.0. The fourth-order valence-corrected chi connectivity index (χ4v) is 15.0. The molecule has 4 amide bonds. The van der Waals surface area contributed by atoms with Crippen molar-refractivity contribution in [2.24, 2.45) is 0 Å². The minimum absolute atomic E-state index is 0.0128. The van der Waals surface area contributed by atoms with Gasteiger partial charge in [0.1, 0.15) is 36.4 Å². The van der Waals surface area contributed by atoms with Crippen molar-refractivity contribution in [3.05, 3.63) is 75.9 Å². The zero-order chi connectivity index (χ0) is 65.2. The number of halogens is 2. The first-order chi connectivity index (χ1) is 44.2. The van der Waals surface area contributed by atoms with Crippen molar-refractivity contribution in [1.29, 1.82) is 0 Å². The molecule has 29 nitrogen and oxygen atoms in total. The van der Waals surface area contributed by atoms with E-state index in [9.17, 15) is 48.9 Å². The number of nitrogens with zero attached hydrogens (tertiary/aromatic N) is 7. The van der Waals surface area contributed by atoms with Crippen molar-refractivity contribution in [3.8, 4) is 39.6 Å². The molecule has 5 saturated heterocycles. The van der Waals surface area contributed by atoms with Crippen LogP contribution in [0.5, 0.6) is 11.5 Å². The molecule has 0 spiro atoms. The van der Waals surface area contributed by atoms with Gasteiger partial charge in [0.25, 0.3) is 11.8 Å². The number of aromatic nitrogens is 2. The Kier molecular flexibility index (Phi) is 23.4. The standard InChI is InChI=1S/C60H78Cl2N10O19.In/c1-60(2)35-89-20-17-71(60)59(85)52-43-34-90-45-28-44(86-3)41(27-42(45)53(43)72(66-52)40-25-37(61)24-38(62)26-40)36-5-4-6-39(23-36)65-47(73)7-18-87-21-22-88-19-8-63-58(84)57-56(83)55(82)54(81)46(91-57)29-64-48(74)30-67-9-11-68(31-49(75)76)13-15-70(33-51(79)80)16-14-69(12-10-67)32-50(77)78;/h4-6,23-28,46,54-57,81-83H,7-22,29-35H2,1-3H3,(H,63,84)(H,64,74)(H,65,73)(H,75,76)(H,77,78)(H,79,80);/q;+3/p-3/t46-,54-,55+,56+,57-;/m0./s1. The van der Waals surface area contributed by atoms with E-state index in [1.165, 1.54) is 0 Å². The van der Waals surface area contributed by atoms with E-state index >= 15 is 0 Å². The Labute approximate surface area is 549 Å². The second kappa shape index (κ2) is 31.3. The van der Waals surface area contributed by atoms with E-state index in [4.69, 9.17) is 65.3 Å². The molecule has 2 unspecified atom stereocenters. The molecule has 0 saturated carbocycles. The number of benzene rings is 3. The molecule has 7 heterocycles. The Morgan fingerprint density at radius 3 is 2.02 bits per heavy atom. The van der Waals surface area contributed by atoms with Gasteiger partial charge in [0, 0.05) is 51.6 Å². The largest absolute Gasteiger partial charge is 0.488 e. The second-order valence-corrected chi connectivity index (χ2v) is 28.0. The Bertz CT molecular complexity index is 3310. The average molecular weight is 1430 g/mol. The van der Waals surface area contributed by atoms with Crippen LogP contribution < -0.4 is 25.4 Å². The molecule has 4 bridgehead atoms. The Morgan fingerprint density at radius 2 is 1.38 bits per heavy atom. The number of fused-ring (bicyclic) bond motifs is 10. The molecule has 32 heteroatoms. The van der Waals surface area contributed by atoms with Gasteiger partial charge >= 0.3 is 190 Å². The van der Waals surface area contributed by atoms with Crippen LogP contribution in [-0.4, -0.2) is 295 Å². The number of carbonyl (C=O) groups excluding carboxylic acids is 7. The van der Waals surface area contributed by atoms with Crippen molar-refractivity contribution >= 4 is 93.2 Å². The predicted octanol–water partition coefficient (Wildman–Crippen LogP) is -0.0273. The summed E-state index contributed by atoms with van der Waals surface area (Å²) < 4.78 is 52.9. The quantitative estimate of drug-likeness (QED) is 0.0672. The second-order valence-electron chi connectivity index (χ2n) is 23.5. The smallest absolute Gasteiger partial charge is 0.275 e. The zero-order valence-electron chi connectivity index (χ0n) is 51.2. The molecule has 92 heavy (non-hydrogen) atoms. The van der Waals surface area contributed by atoms with E-state index in [0.29, 0.717) is 133 Å². The molecule has 6 aliphatic heterocycles. The van der Waals surface area contributed by atoms with Gasteiger partial charge in [0.15, 0.2) is 11.8 Å². The topological polar surface area (TPSA) is 333 Å². The number of methoxy groups -OCH3 is 1. The van der Waals surface area contributed by atoms with Crippen molar-refractivity contribution in [1.82, 2.24) is 44.9 Å². The van der Waals surface area contributed by atoms with E-state index in [1.807, 2.05) is 51.6 Å². The summed E-state index contributed by atoms with van der Waals surface area (Å²) in [7, 11) is 1.55. The predicted molar refractivity (Wildman–Crippen MR) is 329 cm³/mol. The fraction of sp³-hybridized carbons (Fsp3) is 0.533. The van der Waals surface area contributed by atoms with Gasteiger partial charge in [-0.1, -0.05) is 35.3 Å². The van der Waals surface area contributed by atoms with Crippen LogP contribution in [0.2, 0.25) is 10.0 Å². The van der Waals surface area contributed by atoms with Gasteiger partial charge in [-0.2, -0.15) is 5.10 Å². The van der Waals surface area contributed by atoms with E-state index in [2.05, 4.69) is 16.0 Å². The Morgan fingerprint density at radius 1 is 0.739 bits per heavy atom. The number of carbonyl (C=O) groups is 7. The summed E-state index contributed by atoms with van der Waals surface area (Å²) in [5.41, 5.74) is 3.86. The van der Waals surface area contributed by atoms with E-state index < -0.39 is 88.5 Å². The molecule has 3 aromatic carbocycles. The number of morpholine rings is 1. The number of nitrogens with one attached hydrogen (secondary N) is 3. The maximum Gasteiger partial charge on any atom is 0.275 e. The first kappa shape index (κ1) is 68.6. The molecular weight excluding hydrogens is 1350 g/mol. The van der Waals surface area contributed by atoms with Crippen molar-refractivity contribution < 1.29 is 85.9 Å². The third-order valence-electron chi connectivity index (χ3n) is 16.5. The molecule has 6 N–H and O–H groups in total. The number of aliphatic hydroxyl groups excluding tert-OH is 3. The first-order valence-electron chi connectivity index (χ1n) is 30.3. The van der Waals surface area contributed by atoms with Gasteiger partial charge < -0.3 is 59.3 Å². The molecule has 7 atom stereocenters. The zero-order valence-corrected chi connectivity index (χ0v) is 56.0. The number of ether oxygens (including phenoxy) is 6. The summed E-state index contributed by atoms with van der Waals surface area (Å²) in [5.74, 6) is -2.87. The molecule has 1 aromatic heterocycles. The number of anilines is 1. The summed E-state index contributed by atoms with van der Waals surface area (Å²) >= 11 is 8.74. The number of hydrogen-bond donors (Lipinski definition) is 6. The van der Waals surface area contributed by atoms with Crippen LogP contribution in [0, 0.1) is 0 Å². The van der Waals surface area contributed by atoms with Crippen LogP contribution in [0.4, 0.5) is 5.69 Å². The van der Waals surface area contributed by atoms with E-state index in [0.717, 1.165) is 0 Å². The van der Waals surface area contributed by atoms with Gasteiger partial charge in [0.05, 0.1) is 70.1 Å². The molecule has 496 valence electrons. The molecule has 6 aliphatic rings. The molecule has 10 rings (SSSR count). The summed E-state index contributed by atoms with van der Waals surface area (Å²) in [4.78, 5) is 102. The van der Waals surface area contributed by atoms with Crippen molar-refractivity contribution in [3.63, 3.8) is 0 Å². The van der Waals surface area contributed by atoms with Crippen LogP contribution in [-0.2, 0) is 62.9 Å². The van der Waals surface area contributed by atoms with Crippen molar-refractivity contribution in [2.75, 3.05) is 150 Å². The first-order valence-corrected chi connectivity index (χ1v) is 35.1. The minimum Gasteiger partial charge on any atom is -0.488 e. The fourth-order valence-electron chi connectivity index (χ4n) is 11.6. The summed E-state index contributed by atoms with van der Waals surface area (Å²) in [6.45, 7) is 7.49. The summed E-state index contributed by atoms with van der Waals surface area (Å²) in [5, 5.41) is 46.2. The average Bonchev–Trinajstić information content (AvgIpc) is 1.44. The van der Waals surface area contributed by atoms with Crippen LogP contribution >= 0.6 is 23.2 Å². The maximum absolute atomic E-state index is 14.4. The maximum atomic E-state index is 14.4. The monoisotopic (exact) mass is 1420 g/mol. The molecule has 4 aromatic rings. The Balaban J connectivity index is 0.670. The van der Waals surface area contributed by atoms with Gasteiger partial charge in [-0.25, -0.2) is 4.68 Å².